The van der Waals surface area contributed by atoms with Crippen molar-refractivity contribution in [2.24, 2.45) is 0 Å². The van der Waals surface area contributed by atoms with Crippen LogP contribution in [-0.2, 0) is 0 Å². The van der Waals surface area contributed by atoms with Crippen molar-refractivity contribution in [2.45, 2.75) is 26.3 Å². The highest BCUT2D eigenvalue weighted by molar-refractivity contribution is 6.13. The van der Waals surface area contributed by atoms with Crippen LogP contribution in [-0.4, -0.2) is 64.6 Å². The number of rotatable bonds is 8. The largest absolute Gasteiger partial charge is 0.457 e. The van der Waals surface area contributed by atoms with Crippen molar-refractivity contribution in [3.8, 4) is 17.2 Å². The number of benzene rings is 3. The predicted molar refractivity (Wildman–Crippen MR) is 164 cm³/mol. The van der Waals surface area contributed by atoms with Crippen LogP contribution >= 0.6 is 0 Å². The Labute approximate surface area is 244 Å². The zero-order chi connectivity index (χ0) is 29.4. The second-order valence-corrected chi connectivity index (χ2v) is 10.9. The molecule has 0 saturated carbocycles. The van der Waals surface area contributed by atoms with Crippen molar-refractivity contribution in [1.82, 2.24) is 25.0 Å². The van der Waals surface area contributed by atoms with Crippen molar-refractivity contribution in [3.63, 3.8) is 0 Å². The van der Waals surface area contributed by atoms with Crippen molar-refractivity contribution >= 4 is 28.4 Å². The maximum atomic E-state index is 13.7. The number of carbonyl (C=O) groups excluding carboxylic acids is 2. The summed E-state index contributed by atoms with van der Waals surface area (Å²) in [4.78, 5) is 31.9. The van der Waals surface area contributed by atoms with Crippen LogP contribution in [0.5, 0.6) is 11.5 Å². The van der Waals surface area contributed by atoms with E-state index in [1.54, 1.807) is 30.1 Å². The summed E-state index contributed by atoms with van der Waals surface area (Å²) in [5.74, 6) is 1.81. The van der Waals surface area contributed by atoms with E-state index in [0.29, 0.717) is 22.6 Å². The molecule has 0 radical (unpaired) electrons. The number of nitrogens with one attached hydrogen (secondary N) is 3. The number of likely N-dealkylation sites (N-methyl/N-ethyl adjacent to an activating group) is 1. The van der Waals surface area contributed by atoms with Crippen LogP contribution in [0.3, 0.4) is 0 Å². The number of amides is 1. The van der Waals surface area contributed by atoms with E-state index in [-0.39, 0.29) is 17.7 Å². The lowest BCUT2D eigenvalue weighted by Gasteiger charge is -2.13. The molecule has 9 heteroatoms. The minimum atomic E-state index is -0.195. The van der Waals surface area contributed by atoms with E-state index in [9.17, 15) is 9.59 Å². The molecule has 1 aliphatic rings. The summed E-state index contributed by atoms with van der Waals surface area (Å²) in [6.07, 6.45) is 2.52. The maximum Gasteiger partial charge on any atom is 0.251 e. The number of carbonyl (C=O) groups is 2. The van der Waals surface area contributed by atoms with Gasteiger partial charge in [0.1, 0.15) is 17.3 Å². The predicted octanol–water partition coefficient (Wildman–Crippen LogP) is 5.47. The molecule has 1 unspecified atom stereocenters. The highest BCUT2D eigenvalue weighted by Crippen LogP contribution is 2.30. The van der Waals surface area contributed by atoms with Crippen molar-refractivity contribution in [1.29, 1.82) is 0 Å². The molecule has 9 nitrogen and oxygen atoms in total. The fourth-order valence-corrected chi connectivity index (χ4v) is 5.53. The summed E-state index contributed by atoms with van der Waals surface area (Å²) in [5.41, 5.74) is 5.05. The van der Waals surface area contributed by atoms with Crippen molar-refractivity contribution in [2.75, 3.05) is 32.5 Å². The molecule has 3 heterocycles. The van der Waals surface area contributed by atoms with E-state index in [1.807, 2.05) is 68.4 Å². The summed E-state index contributed by atoms with van der Waals surface area (Å²) in [5, 5.41) is 11.6. The normalized spacial score (nSPS) is 15.2. The zero-order valence-corrected chi connectivity index (χ0v) is 24.2. The van der Waals surface area contributed by atoms with E-state index >= 15 is 0 Å². The van der Waals surface area contributed by atoms with Gasteiger partial charge in [-0.2, -0.15) is 5.10 Å². The molecule has 0 bridgehead atoms. The molecule has 1 saturated heterocycles. The minimum absolute atomic E-state index is 0.101. The number of fused-ring (bicyclic) bond motifs is 1. The van der Waals surface area contributed by atoms with E-state index in [2.05, 4.69) is 32.7 Å². The SMILES string of the molecule is CNc1c(C(=O)c2cc3cc(C(=O)NC4CCN(C)C4)ccc3[nH]2)cnn1-c1ccc(Oc2ccccc2C)cc1C. The lowest BCUT2D eigenvalue weighted by Crippen LogP contribution is -2.36. The van der Waals surface area contributed by atoms with E-state index in [4.69, 9.17) is 4.74 Å². The third-order valence-corrected chi connectivity index (χ3v) is 7.82. The van der Waals surface area contributed by atoms with Crippen LogP contribution in [0.25, 0.3) is 16.6 Å². The first-order chi connectivity index (χ1) is 20.3. The number of H-pyrrole nitrogens is 1. The molecule has 1 atom stereocenters. The second-order valence-electron chi connectivity index (χ2n) is 10.9. The highest BCUT2D eigenvalue weighted by Gasteiger charge is 2.24. The molecular formula is C33H34N6O3. The Bertz CT molecular complexity index is 1800. The Morgan fingerprint density at radius 3 is 2.60 bits per heavy atom. The molecular weight excluding hydrogens is 528 g/mol. The number of likely N-dealkylation sites (tertiary alicyclic amines) is 1. The van der Waals surface area contributed by atoms with Crippen LogP contribution in [0.4, 0.5) is 5.82 Å². The third-order valence-electron chi connectivity index (χ3n) is 7.82. The maximum absolute atomic E-state index is 13.7. The molecule has 3 N–H and O–H groups in total. The smallest absolute Gasteiger partial charge is 0.251 e. The van der Waals surface area contributed by atoms with Gasteiger partial charge < -0.3 is 25.3 Å². The van der Waals surface area contributed by atoms with Gasteiger partial charge in [0.25, 0.3) is 5.91 Å². The van der Waals surface area contributed by atoms with Gasteiger partial charge in [0.05, 0.1) is 23.1 Å². The van der Waals surface area contributed by atoms with Crippen LogP contribution in [0.2, 0.25) is 0 Å². The Morgan fingerprint density at radius 2 is 1.86 bits per heavy atom. The first kappa shape index (κ1) is 27.3. The standard InChI is InChI=1S/C33H34N6O3/c1-20-7-5-6-8-30(20)42-25-10-12-29(21(2)15-25)39-32(34-3)26(18-35-39)31(40)28-17-23-16-22(9-11-27(23)37-28)33(41)36-24-13-14-38(4)19-24/h5-12,15-18,24,34,37H,13-14,19H2,1-4H3,(H,36,41). The average molecular weight is 563 g/mol. The van der Waals surface area contributed by atoms with Crippen LogP contribution in [0.1, 0.15) is 44.0 Å². The number of aromatic amines is 1. The van der Waals surface area contributed by atoms with Crippen LogP contribution < -0.4 is 15.4 Å². The number of para-hydroxylation sites is 1. The number of hydrogen-bond acceptors (Lipinski definition) is 6. The molecule has 5 aromatic rings. The van der Waals surface area contributed by atoms with Gasteiger partial charge in [-0.05, 0) is 93.5 Å². The monoisotopic (exact) mass is 562 g/mol. The fourth-order valence-electron chi connectivity index (χ4n) is 5.53. The van der Waals surface area contributed by atoms with Gasteiger partial charge in [-0.15, -0.1) is 0 Å². The fraction of sp³-hybridized carbons (Fsp3) is 0.242. The molecule has 1 fully saturated rings. The molecule has 3 aromatic carbocycles. The molecule has 1 amide bonds. The Balaban J connectivity index is 1.23. The lowest BCUT2D eigenvalue weighted by atomic mass is 10.1. The van der Waals surface area contributed by atoms with Gasteiger partial charge in [-0.1, -0.05) is 18.2 Å². The average Bonchev–Trinajstić information content (AvgIpc) is 3.71. The summed E-state index contributed by atoms with van der Waals surface area (Å²) in [7, 11) is 3.83. The van der Waals surface area contributed by atoms with Gasteiger partial charge in [-0.3, -0.25) is 9.59 Å². The number of ether oxygens (including phenoxy) is 1. The Kier molecular flexibility index (Phi) is 7.26. The molecule has 2 aromatic heterocycles. The summed E-state index contributed by atoms with van der Waals surface area (Å²) in [6, 6.07) is 21.1. The van der Waals surface area contributed by atoms with Gasteiger partial charge in [0, 0.05) is 36.1 Å². The molecule has 6 rings (SSSR count). The van der Waals surface area contributed by atoms with Crippen LogP contribution in [0, 0.1) is 13.8 Å². The number of ketones is 1. The zero-order valence-electron chi connectivity index (χ0n) is 24.2. The van der Waals surface area contributed by atoms with Gasteiger partial charge in [0.15, 0.2) is 0 Å². The van der Waals surface area contributed by atoms with Crippen molar-refractivity contribution in [3.05, 3.63) is 101 Å². The van der Waals surface area contributed by atoms with Crippen LogP contribution in [0.15, 0.2) is 72.9 Å². The van der Waals surface area contributed by atoms with Gasteiger partial charge >= 0.3 is 0 Å². The van der Waals surface area contributed by atoms with Gasteiger partial charge in [-0.25, -0.2) is 4.68 Å². The highest BCUT2D eigenvalue weighted by atomic mass is 16.5. The number of nitrogens with zero attached hydrogens (tertiary/aromatic N) is 3. The Morgan fingerprint density at radius 1 is 1.02 bits per heavy atom. The quantitative estimate of drug-likeness (QED) is 0.217. The summed E-state index contributed by atoms with van der Waals surface area (Å²) in [6.45, 7) is 5.82. The summed E-state index contributed by atoms with van der Waals surface area (Å²) >= 11 is 0. The van der Waals surface area contributed by atoms with Gasteiger partial charge in [0.2, 0.25) is 5.78 Å². The van der Waals surface area contributed by atoms with E-state index < -0.39 is 0 Å². The molecule has 0 aliphatic carbocycles. The molecule has 42 heavy (non-hydrogen) atoms. The lowest BCUT2D eigenvalue weighted by molar-refractivity contribution is 0.0938. The second kappa shape index (κ2) is 11.2. The first-order valence-corrected chi connectivity index (χ1v) is 14.1. The first-order valence-electron chi connectivity index (χ1n) is 14.1. The third kappa shape index (κ3) is 5.26. The number of anilines is 1. The Hall–Kier alpha value is -4.89. The van der Waals surface area contributed by atoms with E-state index in [0.717, 1.165) is 58.7 Å². The molecule has 0 spiro atoms. The van der Waals surface area contributed by atoms with E-state index in [1.165, 1.54) is 0 Å². The number of aryl methyl sites for hydroxylation is 2. The molecule has 1 aliphatic heterocycles. The molecule has 214 valence electrons. The summed E-state index contributed by atoms with van der Waals surface area (Å²) < 4.78 is 7.83. The topological polar surface area (TPSA) is 104 Å². The van der Waals surface area contributed by atoms with Crippen molar-refractivity contribution < 1.29 is 14.3 Å². The number of hydrogen-bond donors (Lipinski definition) is 3. The minimum Gasteiger partial charge on any atom is -0.457 e. The number of aromatic nitrogens is 3.